The average molecular weight is 382 g/mol. The molecule has 1 aromatic heterocycles. The number of amidine groups is 1. The minimum atomic E-state index is 0. The van der Waals surface area contributed by atoms with Crippen molar-refractivity contribution in [1.82, 2.24) is 10.5 Å². The van der Waals surface area contributed by atoms with Crippen LogP contribution in [0.25, 0.3) is 22.6 Å². The van der Waals surface area contributed by atoms with Crippen molar-refractivity contribution in [1.29, 1.82) is 0 Å². The topological polar surface area (TPSA) is 50.4 Å². The first kappa shape index (κ1) is 19.2. The van der Waals surface area contributed by atoms with Crippen LogP contribution in [0.2, 0.25) is 0 Å². The number of nitrogens with zero attached hydrogens (tertiary/aromatic N) is 2. The molecule has 27 heavy (non-hydrogen) atoms. The maximum absolute atomic E-state index is 5.57. The molecule has 0 atom stereocenters. The Bertz CT molecular complexity index is 898. The van der Waals surface area contributed by atoms with Gasteiger partial charge in [-0.15, -0.1) is 12.4 Å². The second-order valence-electron chi connectivity index (χ2n) is 6.61. The fraction of sp³-hybridized carbons (Fsp3) is 0.273. The largest absolute Gasteiger partial charge is 0.368 e. The summed E-state index contributed by atoms with van der Waals surface area (Å²) in [6.07, 6.45) is 3.57. The molecule has 2 heterocycles. The maximum atomic E-state index is 5.57. The number of nitrogens with one attached hydrogen (secondary N) is 1. The van der Waals surface area contributed by atoms with E-state index in [1.807, 2.05) is 6.07 Å². The zero-order valence-corrected chi connectivity index (χ0v) is 16.3. The molecule has 1 aliphatic heterocycles. The normalized spacial score (nSPS) is 13.0. The van der Waals surface area contributed by atoms with E-state index in [1.54, 1.807) is 0 Å². The maximum Gasteiger partial charge on any atom is 0.167 e. The summed E-state index contributed by atoms with van der Waals surface area (Å²) in [5.74, 6) is 1.77. The lowest BCUT2D eigenvalue weighted by atomic mass is 10.0. The molecule has 0 spiro atoms. The van der Waals surface area contributed by atoms with Gasteiger partial charge in [-0.1, -0.05) is 67.0 Å². The Labute approximate surface area is 166 Å². The van der Waals surface area contributed by atoms with Crippen LogP contribution in [-0.4, -0.2) is 24.1 Å². The van der Waals surface area contributed by atoms with E-state index in [-0.39, 0.29) is 12.4 Å². The van der Waals surface area contributed by atoms with Crippen molar-refractivity contribution < 1.29 is 4.52 Å². The number of rotatable bonds is 6. The SMILES string of the molecule is CCCCc1ccc(-c2cc(-c3ccc(C4=NCCN4)cc3)no2)cc1.Cl. The van der Waals surface area contributed by atoms with Crippen molar-refractivity contribution in [3.05, 3.63) is 65.7 Å². The highest BCUT2D eigenvalue weighted by Gasteiger charge is 2.11. The van der Waals surface area contributed by atoms with Gasteiger partial charge in [0.1, 0.15) is 11.5 Å². The highest BCUT2D eigenvalue weighted by molar-refractivity contribution is 6.00. The Morgan fingerprint density at radius 2 is 1.67 bits per heavy atom. The van der Waals surface area contributed by atoms with E-state index < -0.39 is 0 Å². The Balaban J connectivity index is 0.00000210. The van der Waals surface area contributed by atoms with Crippen LogP contribution in [0.5, 0.6) is 0 Å². The number of benzene rings is 2. The molecule has 0 radical (unpaired) electrons. The van der Waals surface area contributed by atoms with E-state index in [0.717, 1.165) is 53.5 Å². The molecule has 3 aromatic rings. The molecule has 4 rings (SSSR count). The standard InChI is InChI=1S/C22H23N3O.ClH/c1-2-3-4-16-5-7-18(8-6-16)21-15-20(25-26-21)17-9-11-19(12-10-17)22-23-13-14-24-22;/h5-12,15H,2-4,13-14H2,1H3,(H,23,24);1H. The molecule has 2 aromatic carbocycles. The molecule has 0 amide bonds. The Kier molecular flexibility index (Phi) is 6.30. The summed E-state index contributed by atoms with van der Waals surface area (Å²) >= 11 is 0. The third kappa shape index (κ3) is 4.40. The fourth-order valence-corrected chi connectivity index (χ4v) is 3.15. The zero-order valence-electron chi connectivity index (χ0n) is 15.4. The number of aromatic nitrogens is 1. The van der Waals surface area contributed by atoms with Gasteiger partial charge in [-0.3, -0.25) is 4.99 Å². The fourth-order valence-electron chi connectivity index (χ4n) is 3.15. The van der Waals surface area contributed by atoms with Crippen molar-refractivity contribution in [2.45, 2.75) is 26.2 Å². The molecule has 140 valence electrons. The molecule has 0 aliphatic carbocycles. The number of unbranched alkanes of at least 4 members (excludes halogenated alkanes) is 1. The van der Waals surface area contributed by atoms with Gasteiger partial charge in [0, 0.05) is 29.3 Å². The molecule has 1 N–H and O–H groups in total. The van der Waals surface area contributed by atoms with Crippen LogP contribution in [0.3, 0.4) is 0 Å². The smallest absolute Gasteiger partial charge is 0.167 e. The number of hydrogen-bond acceptors (Lipinski definition) is 4. The van der Waals surface area contributed by atoms with Crippen LogP contribution in [0.1, 0.15) is 30.9 Å². The number of hydrogen-bond donors (Lipinski definition) is 1. The minimum Gasteiger partial charge on any atom is -0.368 e. The van der Waals surface area contributed by atoms with Crippen LogP contribution in [0, 0.1) is 0 Å². The second kappa shape index (κ2) is 8.87. The third-order valence-electron chi connectivity index (χ3n) is 4.70. The molecule has 0 fully saturated rings. The quantitative estimate of drug-likeness (QED) is 0.644. The first-order valence-corrected chi connectivity index (χ1v) is 9.28. The van der Waals surface area contributed by atoms with Gasteiger partial charge < -0.3 is 9.84 Å². The lowest BCUT2D eigenvalue weighted by Gasteiger charge is -2.02. The highest BCUT2D eigenvalue weighted by Crippen LogP contribution is 2.26. The van der Waals surface area contributed by atoms with E-state index >= 15 is 0 Å². The van der Waals surface area contributed by atoms with Crippen LogP contribution in [0.4, 0.5) is 0 Å². The van der Waals surface area contributed by atoms with Crippen molar-refractivity contribution in [3.63, 3.8) is 0 Å². The molecule has 0 saturated heterocycles. The van der Waals surface area contributed by atoms with Crippen molar-refractivity contribution in [3.8, 4) is 22.6 Å². The van der Waals surface area contributed by atoms with Crippen LogP contribution in [-0.2, 0) is 6.42 Å². The third-order valence-corrected chi connectivity index (χ3v) is 4.70. The molecule has 0 unspecified atom stereocenters. The van der Waals surface area contributed by atoms with Gasteiger partial charge in [0.25, 0.3) is 0 Å². The molecule has 1 aliphatic rings. The molecular formula is C22H24ClN3O. The van der Waals surface area contributed by atoms with Crippen LogP contribution in [0.15, 0.2) is 64.1 Å². The van der Waals surface area contributed by atoms with Gasteiger partial charge in [-0.25, -0.2) is 0 Å². The number of halogens is 1. The summed E-state index contributed by atoms with van der Waals surface area (Å²) in [7, 11) is 0. The predicted molar refractivity (Wildman–Crippen MR) is 113 cm³/mol. The van der Waals surface area contributed by atoms with Crippen LogP contribution >= 0.6 is 12.4 Å². The lowest BCUT2D eigenvalue weighted by Crippen LogP contribution is -2.19. The van der Waals surface area contributed by atoms with Crippen molar-refractivity contribution in [2.24, 2.45) is 4.99 Å². The zero-order chi connectivity index (χ0) is 17.8. The molecular weight excluding hydrogens is 358 g/mol. The summed E-state index contributed by atoms with van der Waals surface area (Å²) in [5.41, 5.74) is 5.43. The molecule has 0 bridgehead atoms. The Morgan fingerprint density at radius 1 is 0.963 bits per heavy atom. The van der Waals surface area contributed by atoms with Gasteiger partial charge in [0.05, 0.1) is 6.54 Å². The van der Waals surface area contributed by atoms with Crippen molar-refractivity contribution >= 4 is 18.2 Å². The van der Waals surface area contributed by atoms with Crippen molar-refractivity contribution in [2.75, 3.05) is 13.1 Å². The monoisotopic (exact) mass is 381 g/mol. The summed E-state index contributed by atoms with van der Waals surface area (Å²) in [5, 5.41) is 7.53. The van der Waals surface area contributed by atoms with E-state index in [4.69, 9.17) is 4.52 Å². The molecule has 0 saturated carbocycles. The second-order valence-corrected chi connectivity index (χ2v) is 6.61. The van der Waals surface area contributed by atoms with E-state index in [2.05, 4.69) is 70.9 Å². The summed E-state index contributed by atoms with van der Waals surface area (Å²) in [4.78, 5) is 4.45. The highest BCUT2D eigenvalue weighted by atomic mass is 35.5. The summed E-state index contributed by atoms with van der Waals surface area (Å²) < 4.78 is 5.57. The van der Waals surface area contributed by atoms with E-state index in [0.29, 0.717) is 0 Å². The molecule has 4 nitrogen and oxygen atoms in total. The molecule has 5 heteroatoms. The minimum absolute atomic E-state index is 0. The summed E-state index contributed by atoms with van der Waals surface area (Å²) in [6, 6.07) is 18.9. The number of aryl methyl sites for hydroxylation is 1. The number of aliphatic imine (C=N–C) groups is 1. The van der Waals surface area contributed by atoms with Gasteiger partial charge in [-0.2, -0.15) is 0 Å². The van der Waals surface area contributed by atoms with Crippen LogP contribution < -0.4 is 5.32 Å². The van der Waals surface area contributed by atoms with Gasteiger partial charge in [0.2, 0.25) is 0 Å². The Morgan fingerprint density at radius 3 is 2.33 bits per heavy atom. The van der Waals surface area contributed by atoms with Gasteiger partial charge in [0.15, 0.2) is 5.76 Å². The first-order valence-electron chi connectivity index (χ1n) is 9.28. The van der Waals surface area contributed by atoms with Gasteiger partial charge in [-0.05, 0) is 18.4 Å². The van der Waals surface area contributed by atoms with E-state index in [9.17, 15) is 0 Å². The predicted octanol–water partition coefficient (Wildman–Crippen LogP) is 5.12. The lowest BCUT2D eigenvalue weighted by molar-refractivity contribution is 0.435. The van der Waals surface area contributed by atoms with E-state index in [1.165, 1.54) is 18.4 Å². The Hall–Kier alpha value is -2.59. The van der Waals surface area contributed by atoms with Gasteiger partial charge >= 0.3 is 0 Å². The summed E-state index contributed by atoms with van der Waals surface area (Å²) in [6.45, 7) is 3.98. The first-order chi connectivity index (χ1) is 12.8. The average Bonchev–Trinajstić information content (AvgIpc) is 3.39.